The van der Waals surface area contributed by atoms with Crippen molar-refractivity contribution in [3.63, 3.8) is 0 Å². The highest BCUT2D eigenvalue weighted by Crippen LogP contribution is 2.36. The number of nitrogen functional groups attached to an aromatic ring is 1. The zero-order valence-corrected chi connectivity index (χ0v) is 19.4. The third-order valence-electron chi connectivity index (χ3n) is 6.30. The number of fused-ring (bicyclic) bond motifs is 1. The molecule has 0 aliphatic heterocycles. The average molecular weight is 457 g/mol. The van der Waals surface area contributed by atoms with Crippen LogP contribution in [0, 0.1) is 0 Å². The molecule has 33 heavy (non-hydrogen) atoms. The Morgan fingerprint density at radius 1 is 0.970 bits per heavy atom. The number of carbonyl (C=O) groups excluding carboxylic acids is 1. The van der Waals surface area contributed by atoms with Gasteiger partial charge in [0.2, 0.25) is 0 Å². The van der Waals surface area contributed by atoms with E-state index in [1.54, 1.807) is 23.9 Å². The Morgan fingerprint density at radius 2 is 1.70 bits per heavy atom. The molecular weight excluding hydrogens is 428 g/mol. The Balaban J connectivity index is 1.30. The van der Waals surface area contributed by atoms with Crippen molar-refractivity contribution in [1.82, 2.24) is 9.55 Å². The molecule has 0 saturated heterocycles. The number of anilines is 2. The van der Waals surface area contributed by atoms with Gasteiger partial charge in [0.05, 0.1) is 22.4 Å². The van der Waals surface area contributed by atoms with Gasteiger partial charge in [-0.1, -0.05) is 67.4 Å². The molecule has 1 fully saturated rings. The van der Waals surface area contributed by atoms with Gasteiger partial charge in [0.1, 0.15) is 0 Å². The minimum Gasteiger partial charge on any atom is -0.397 e. The van der Waals surface area contributed by atoms with Gasteiger partial charge in [-0.15, -0.1) is 0 Å². The van der Waals surface area contributed by atoms with Gasteiger partial charge in [-0.25, -0.2) is 4.98 Å². The van der Waals surface area contributed by atoms with E-state index in [1.807, 2.05) is 36.4 Å². The Kier molecular flexibility index (Phi) is 6.35. The van der Waals surface area contributed by atoms with Crippen LogP contribution in [0.25, 0.3) is 11.0 Å². The molecule has 3 aromatic carbocycles. The van der Waals surface area contributed by atoms with E-state index in [1.165, 1.54) is 37.6 Å². The van der Waals surface area contributed by atoms with Crippen LogP contribution in [0.15, 0.2) is 78.0 Å². The number of imidazole rings is 1. The van der Waals surface area contributed by atoms with Gasteiger partial charge in [0.25, 0.3) is 5.91 Å². The molecule has 4 aromatic rings. The highest BCUT2D eigenvalue weighted by molar-refractivity contribution is 7.98. The minimum atomic E-state index is -0.161. The van der Waals surface area contributed by atoms with Crippen LogP contribution in [-0.4, -0.2) is 15.5 Å². The molecule has 3 N–H and O–H groups in total. The summed E-state index contributed by atoms with van der Waals surface area (Å²) in [5.41, 5.74) is 11.2. The molecule has 1 heterocycles. The number of rotatable bonds is 6. The first kappa shape index (κ1) is 21.6. The number of amides is 1. The Hall–Kier alpha value is -3.25. The molecule has 0 atom stereocenters. The fourth-order valence-electron chi connectivity index (χ4n) is 4.52. The van der Waals surface area contributed by atoms with Gasteiger partial charge in [-0.2, -0.15) is 0 Å². The monoisotopic (exact) mass is 456 g/mol. The molecule has 0 unspecified atom stereocenters. The van der Waals surface area contributed by atoms with E-state index in [0.29, 0.717) is 23.0 Å². The van der Waals surface area contributed by atoms with E-state index < -0.39 is 0 Å². The molecule has 1 amide bonds. The predicted molar refractivity (Wildman–Crippen MR) is 137 cm³/mol. The van der Waals surface area contributed by atoms with E-state index in [-0.39, 0.29) is 5.91 Å². The second-order valence-corrected chi connectivity index (χ2v) is 9.51. The zero-order chi connectivity index (χ0) is 22.6. The number of nitrogens with zero attached hydrogens (tertiary/aromatic N) is 2. The molecule has 168 valence electrons. The van der Waals surface area contributed by atoms with Gasteiger partial charge in [0, 0.05) is 17.4 Å². The first-order valence-electron chi connectivity index (χ1n) is 11.5. The van der Waals surface area contributed by atoms with Crippen molar-refractivity contribution >= 4 is 40.1 Å². The molecule has 6 heteroatoms. The van der Waals surface area contributed by atoms with Crippen molar-refractivity contribution in [2.45, 2.75) is 49.1 Å². The Labute approximate surface area is 198 Å². The third-order valence-corrected chi connectivity index (χ3v) is 7.32. The summed E-state index contributed by atoms with van der Waals surface area (Å²) in [4.78, 5) is 17.5. The fraction of sp³-hybridized carbons (Fsp3) is 0.259. The van der Waals surface area contributed by atoms with Gasteiger partial charge in [-0.05, 0) is 54.8 Å². The summed E-state index contributed by atoms with van der Waals surface area (Å²) < 4.78 is 2.46. The number of nitrogens with two attached hydrogens (primary N) is 1. The number of hydrogen-bond donors (Lipinski definition) is 2. The number of para-hydroxylation sites is 4. The largest absolute Gasteiger partial charge is 0.397 e. The van der Waals surface area contributed by atoms with E-state index in [4.69, 9.17) is 10.7 Å². The van der Waals surface area contributed by atoms with Crippen molar-refractivity contribution < 1.29 is 4.79 Å². The lowest BCUT2D eigenvalue weighted by atomic mass is 9.95. The topological polar surface area (TPSA) is 72.9 Å². The fourth-order valence-corrected chi connectivity index (χ4v) is 5.56. The summed E-state index contributed by atoms with van der Waals surface area (Å²) in [6.45, 7) is 0. The number of thioether (sulfide) groups is 1. The van der Waals surface area contributed by atoms with Crippen molar-refractivity contribution in [1.29, 1.82) is 0 Å². The van der Waals surface area contributed by atoms with Crippen LogP contribution in [-0.2, 0) is 5.75 Å². The van der Waals surface area contributed by atoms with E-state index in [2.05, 4.69) is 34.1 Å². The summed E-state index contributed by atoms with van der Waals surface area (Å²) in [7, 11) is 0. The second-order valence-electron chi connectivity index (χ2n) is 8.57. The zero-order valence-electron chi connectivity index (χ0n) is 18.5. The molecule has 1 aliphatic carbocycles. The maximum Gasteiger partial charge on any atom is 0.255 e. The average Bonchev–Trinajstić information content (AvgIpc) is 3.23. The molecule has 0 bridgehead atoms. The van der Waals surface area contributed by atoms with Crippen LogP contribution >= 0.6 is 11.8 Å². The van der Waals surface area contributed by atoms with Gasteiger partial charge in [-0.3, -0.25) is 4.79 Å². The van der Waals surface area contributed by atoms with Gasteiger partial charge >= 0.3 is 0 Å². The van der Waals surface area contributed by atoms with E-state index in [0.717, 1.165) is 22.0 Å². The highest BCUT2D eigenvalue weighted by atomic mass is 32.2. The molecule has 0 radical (unpaired) electrons. The molecule has 1 saturated carbocycles. The standard InChI is InChI=1S/C27H28N4OS/c28-22-10-4-5-11-23(22)29-26(32)20-16-14-19(15-17-20)18-33-27-30-24-12-6-7-13-25(24)31(27)21-8-2-1-3-9-21/h4-7,10-17,21H,1-3,8-9,18,28H2,(H,29,32). The van der Waals surface area contributed by atoms with Crippen LogP contribution < -0.4 is 11.1 Å². The summed E-state index contributed by atoms with van der Waals surface area (Å²) >= 11 is 1.77. The van der Waals surface area contributed by atoms with Crippen molar-refractivity contribution in [3.05, 3.63) is 83.9 Å². The molecule has 0 spiro atoms. The Bertz CT molecular complexity index is 1260. The van der Waals surface area contributed by atoms with E-state index >= 15 is 0 Å². The Morgan fingerprint density at radius 3 is 2.48 bits per heavy atom. The highest BCUT2D eigenvalue weighted by Gasteiger charge is 2.21. The van der Waals surface area contributed by atoms with Gasteiger partial charge < -0.3 is 15.6 Å². The third kappa shape index (κ3) is 4.76. The van der Waals surface area contributed by atoms with Crippen molar-refractivity contribution in [2.24, 2.45) is 0 Å². The first-order valence-corrected chi connectivity index (χ1v) is 12.5. The van der Waals surface area contributed by atoms with Crippen LogP contribution in [0.4, 0.5) is 11.4 Å². The SMILES string of the molecule is Nc1ccccc1NC(=O)c1ccc(CSc2nc3ccccc3n2C2CCCCC2)cc1. The van der Waals surface area contributed by atoms with Gasteiger partial charge in [0.15, 0.2) is 5.16 Å². The normalized spacial score (nSPS) is 14.4. The lowest BCUT2D eigenvalue weighted by molar-refractivity contribution is 0.102. The quantitative estimate of drug-likeness (QED) is 0.251. The summed E-state index contributed by atoms with van der Waals surface area (Å²) in [5.74, 6) is 0.648. The van der Waals surface area contributed by atoms with Crippen LogP contribution in [0.5, 0.6) is 0 Å². The summed E-state index contributed by atoms with van der Waals surface area (Å²) in [6.07, 6.45) is 6.37. The molecule has 1 aliphatic rings. The first-order chi connectivity index (χ1) is 16.2. The second kappa shape index (κ2) is 9.71. The summed E-state index contributed by atoms with van der Waals surface area (Å²) in [5, 5.41) is 3.97. The number of aromatic nitrogens is 2. The smallest absolute Gasteiger partial charge is 0.255 e. The van der Waals surface area contributed by atoms with Crippen molar-refractivity contribution in [3.8, 4) is 0 Å². The molecular formula is C27H28N4OS. The number of hydrogen-bond acceptors (Lipinski definition) is 4. The molecule has 5 rings (SSSR count). The number of carbonyl (C=O) groups is 1. The summed E-state index contributed by atoms with van der Waals surface area (Å²) in [6, 6.07) is 24.0. The number of nitrogens with one attached hydrogen (secondary N) is 1. The van der Waals surface area contributed by atoms with Crippen LogP contribution in [0.2, 0.25) is 0 Å². The van der Waals surface area contributed by atoms with Crippen molar-refractivity contribution in [2.75, 3.05) is 11.1 Å². The number of benzene rings is 3. The lowest BCUT2D eigenvalue weighted by Crippen LogP contribution is -2.13. The lowest BCUT2D eigenvalue weighted by Gasteiger charge is -2.25. The molecule has 5 nitrogen and oxygen atoms in total. The maximum absolute atomic E-state index is 12.6. The van der Waals surface area contributed by atoms with Crippen LogP contribution in [0.3, 0.4) is 0 Å². The van der Waals surface area contributed by atoms with E-state index in [9.17, 15) is 4.79 Å². The van der Waals surface area contributed by atoms with Crippen LogP contribution in [0.1, 0.15) is 54.1 Å². The molecule has 1 aromatic heterocycles. The predicted octanol–water partition coefficient (Wildman–Crippen LogP) is 6.67. The minimum absolute atomic E-state index is 0.161. The maximum atomic E-state index is 12.6.